The van der Waals surface area contributed by atoms with Gasteiger partial charge in [-0.1, -0.05) is 0 Å². The molecule has 0 aliphatic rings. The number of imidazole rings is 1. The van der Waals surface area contributed by atoms with Crippen LogP contribution in [0.25, 0.3) is 11.0 Å². The average Bonchev–Trinajstić information content (AvgIpc) is 2.50. The zero-order valence-corrected chi connectivity index (χ0v) is 9.74. The van der Waals surface area contributed by atoms with Crippen molar-refractivity contribution >= 4 is 38.6 Å². The Balaban J connectivity index is 2.61. The summed E-state index contributed by atoms with van der Waals surface area (Å²) in [6.45, 7) is 0. The van der Waals surface area contributed by atoms with Gasteiger partial charge in [0.25, 0.3) is 0 Å². The van der Waals surface area contributed by atoms with Crippen LogP contribution in [0, 0.1) is 0 Å². The van der Waals surface area contributed by atoms with E-state index in [2.05, 4.69) is 30.6 Å². The molecule has 3 nitrogen and oxygen atoms in total. The summed E-state index contributed by atoms with van der Waals surface area (Å²) < 4.78 is 40.5. The smallest absolute Gasteiger partial charge is 0.402 e. The number of nitrogens with zero attached hydrogens (tertiary/aromatic N) is 1. The van der Waals surface area contributed by atoms with Crippen LogP contribution < -0.4 is 4.74 Å². The largest absolute Gasteiger partial charge is 0.573 e. The Morgan fingerprint density at radius 3 is 2.69 bits per heavy atom. The van der Waals surface area contributed by atoms with E-state index in [-0.39, 0.29) is 15.3 Å². The van der Waals surface area contributed by atoms with Crippen LogP contribution in [0.15, 0.2) is 16.6 Å². The molecular formula is C8H3BrClF3N2O. The van der Waals surface area contributed by atoms with Crippen molar-refractivity contribution in [2.24, 2.45) is 0 Å². The molecule has 1 aromatic heterocycles. The number of ether oxygens (including phenoxy) is 1. The van der Waals surface area contributed by atoms with Gasteiger partial charge >= 0.3 is 6.36 Å². The van der Waals surface area contributed by atoms with Crippen LogP contribution in [-0.4, -0.2) is 16.3 Å². The SMILES string of the molecule is FC(F)(F)Oc1c(Br)ccc2[nH]c(Cl)nc12. The summed E-state index contributed by atoms with van der Waals surface area (Å²) in [5.74, 6) is -0.409. The predicted octanol–water partition coefficient (Wildman–Crippen LogP) is 3.88. The molecular weight excluding hydrogens is 312 g/mol. The van der Waals surface area contributed by atoms with Gasteiger partial charge < -0.3 is 9.72 Å². The minimum atomic E-state index is -4.78. The molecule has 1 heterocycles. The summed E-state index contributed by atoms with van der Waals surface area (Å²) in [4.78, 5) is 6.31. The van der Waals surface area contributed by atoms with E-state index in [1.54, 1.807) is 6.07 Å². The number of hydrogen-bond acceptors (Lipinski definition) is 2. The van der Waals surface area contributed by atoms with E-state index in [0.717, 1.165) is 0 Å². The summed E-state index contributed by atoms with van der Waals surface area (Å²) in [6, 6.07) is 2.96. The monoisotopic (exact) mass is 314 g/mol. The lowest BCUT2D eigenvalue weighted by molar-refractivity contribution is -0.274. The van der Waals surface area contributed by atoms with Crippen molar-refractivity contribution in [1.82, 2.24) is 9.97 Å². The van der Waals surface area contributed by atoms with Gasteiger partial charge in [-0.3, -0.25) is 0 Å². The lowest BCUT2D eigenvalue weighted by Gasteiger charge is -2.10. The second-order valence-corrected chi connectivity index (χ2v) is 4.06. The summed E-state index contributed by atoms with van der Waals surface area (Å²) in [5, 5.41) is 0.000115. The number of fused-ring (bicyclic) bond motifs is 1. The molecule has 0 amide bonds. The summed E-state index contributed by atoms with van der Waals surface area (Å²) in [5.41, 5.74) is 0.393. The Hall–Kier alpha value is -0.950. The number of rotatable bonds is 1. The first-order valence-corrected chi connectivity index (χ1v) is 5.13. The number of H-pyrrole nitrogens is 1. The van der Waals surface area contributed by atoms with Crippen molar-refractivity contribution in [3.63, 3.8) is 0 Å². The Morgan fingerprint density at radius 1 is 1.38 bits per heavy atom. The van der Waals surface area contributed by atoms with Crippen molar-refractivity contribution in [3.05, 3.63) is 21.9 Å². The summed E-state index contributed by atoms with van der Waals surface area (Å²) in [6.07, 6.45) is -4.78. The molecule has 0 bridgehead atoms. The van der Waals surface area contributed by atoms with E-state index in [1.807, 2.05) is 0 Å². The highest BCUT2D eigenvalue weighted by molar-refractivity contribution is 9.10. The molecule has 2 aromatic rings. The predicted molar refractivity (Wildman–Crippen MR) is 55.5 cm³/mol. The third kappa shape index (κ3) is 2.25. The van der Waals surface area contributed by atoms with Gasteiger partial charge in [0.1, 0.15) is 5.52 Å². The molecule has 0 aliphatic carbocycles. The van der Waals surface area contributed by atoms with Gasteiger partial charge in [-0.15, -0.1) is 13.2 Å². The van der Waals surface area contributed by atoms with Gasteiger partial charge in [0.15, 0.2) is 5.75 Å². The Kier molecular flexibility index (Phi) is 2.75. The van der Waals surface area contributed by atoms with Crippen molar-refractivity contribution in [2.45, 2.75) is 6.36 Å². The molecule has 0 saturated carbocycles. The highest BCUT2D eigenvalue weighted by Crippen LogP contribution is 2.36. The molecule has 1 N–H and O–H groups in total. The van der Waals surface area contributed by atoms with Gasteiger partial charge in [-0.25, -0.2) is 4.98 Å². The molecule has 0 aliphatic heterocycles. The number of nitrogens with one attached hydrogen (secondary N) is 1. The maximum absolute atomic E-state index is 12.1. The normalized spacial score (nSPS) is 12.1. The summed E-state index contributed by atoms with van der Waals surface area (Å²) >= 11 is 8.52. The lowest BCUT2D eigenvalue weighted by Crippen LogP contribution is -2.17. The number of aromatic amines is 1. The minimum absolute atomic E-state index is 0.000115. The molecule has 0 radical (unpaired) electrons. The number of halogens is 5. The van der Waals surface area contributed by atoms with Crippen LogP contribution in [0.4, 0.5) is 13.2 Å². The molecule has 0 atom stereocenters. The first-order chi connectivity index (χ1) is 7.37. The molecule has 0 fully saturated rings. The Morgan fingerprint density at radius 2 is 2.06 bits per heavy atom. The molecule has 8 heteroatoms. The molecule has 0 saturated heterocycles. The van der Waals surface area contributed by atoms with Crippen molar-refractivity contribution in [2.75, 3.05) is 0 Å². The third-order valence-corrected chi connectivity index (χ3v) is 2.55. The van der Waals surface area contributed by atoms with E-state index < -0.39 is 12.1 Å². The molecule has 1 aromatic carbocycles. The molecule has 0 unspecified atom stereocenters. The van der Waals surface area contributed by atoms with Gasteiger partial charge in [-0.05, 0) is 39.7 Å². The lowest BCUT2D eigenvalue weighted by atomic mass is 10.3. The minimum Gasteiger partial charge on any atom is -0.402 e. The van der Waals surface area contributed by atoms with Gasteiger partial charge in [0, 0.05) is 0 Å². The number of alkyl halides is 3. The van der Waals surface area contributed by atoms with E-state index in [9.17, 15) is 13.2 Å². The van der Waals surface area contributed by atoms with Gasteiger partial charge in [0.05, 0.1) is 9.99 Å². The molecule has 0 spiro atoms. The van der Waals surface area contributed by atoms with E-state index in [4.69, 9.17) is 11.6 Å². The molecule has 86 valence electrons. The van der Waals surface area contributed by atoms with Gasteiger partial charge in [-0.2, -0.15) is 0 Å². The number of benzene rings is 1. The standard InChI is InChI=1S/C8H3BrClF3N2O/c9-3-1-2-4-5(15-7(10)14-4)6(3)16-8(11,12)13/h1-2H,(H,14,15). The van der Waals surface area contributed by atoms with Crippen LogP contribution in [0.1, 0.15) is 0 Å². The van der Waals surface area contributed by atoms with Crippen LogP contribution in [0.3, 0.4) is 0 Å². The maximum atomic E-state index is 12.1. The van der Waals surface area contributed by atoms with Crippen molar-refractivity contribution in [3.8, 4) is 5.75 Å². The van der Waals surface area contributed by atoms with Crippen LogP contribution >= 0.6 is 27.5 Å². The van der Waals surface area contributed by atoms with Crippen molar-refractivity contribution < 1.29 is 17.9 Å². The average molecular weight is 315 g/mol. The molecule has 16 heavy (non-hydrogen) atoms. The second kappa shape index (κ2) is 3.81. The number of aromatic nitrogens is 2. The summed E-state index contributed by atoms with van der Waals surface area (Å²) in [7, 11) is 0. The zero-order chi connectivity index (χ0) is 11.9. The first-order valence-electron chi connectivity index (χ1n) is 3.96. The van der Waals surface area contributed by atoms with Gasteiger partial charge in [0.2, 0.25) is 5.28 Å². The number of hydrogen-bond donors (Lipinski definition) is 1. The fourth-order valence-electron chi connectivity index (χ4n) is 1.21. The van der Waals surface area contributed by atoms with E-state index in [0.29, 0.717) is 5.52 Å². The third-order valence-electron chi connectivity index (χ3n) is 1.75. The van der Waals surface area contributed by atoms with E-state index in [1.165, 1.54) is 6.07 Å². The maximum Gasteiger partial charge on any atom is 0.573 e. The quantitative estimate of drug-likeness (QED) is 0.867. The van der Waals surface area contributed by atoms with Crippen LogP contribution in [-0.2, 0) is 0 Å². The Bertz CT molecular complexity index is 540. The second-order valence-electron chi connectivity index (χ2n) is 2.85. The highest BCUT2D eigenvalue weighted by Gasteiger charge is 2.33. The van der Waals surface area contributed by atoms with Crippen LogP contribution in [0.5, 0.6) is 5.75 Å². The fraction of sp³-hybridized carbons (Fsp3) is 0.125. The van der Waals surface area contributed by atoms with E-state index >= 15 is 0 Å². The highest BCUT2D eigenvalue weighted by atomic mass is 79.9. The zero-order valence-electron chi connectivity index (χ0n) is 7.40. The van der Waals surface area contributed by atoms with Crippen molar-refractivity contribution in [1.29, 1.82) is 0 Å². The fourth-order valence-corrected chi connectivity index (χ4v) is 1.80. The van der Waals surface area contributed by atoms with Crippen LogP contribution in [0.2, 0.25) is 5.28 Å². The Labute approximate surface area is 101 Å². The molecule has 2 rings (SSSR count). The first kappa shape index (κ1) is 11.5. The topological polar surface area (TPSA) is 37.9 Å².